The molecule has 1 N–H and O–H groups in total. The molecule has 0 spiro atoms. The molecule has 0 saturated heterocycles. The maximum absolute atomic E-state index is 13.4. The number of allylic oxidation sites excluding steroid dienone is 2. The zero-order valence-corrected chi connectivity index (χ0v) is 18.9. The number of carbonyl (C=O) groups is 1. The molecule has 33 heavy (non-hydrogen) atoms. The average Bonchev–Trinajstić information content (AvgIpc) is 3.54. The standard InChI is InChI=1S/C27H25NO4S/c29-27(24-14-17-9-10-21(24)13-17)32-25-16-20-7-3-4-8-23(20)26(25)28-33(30,31)22-12-11-18-5-1-2-6-19(18)15-22/h1-12,15,17,21,24-26,28H,13-14,16H2/t17-,21+,24-,25-,26+/m0/s1. The maximum Gasteiger partial charge on any atom is 0.309 e. The molecule has 3 aliphatic rings. The second kappa shape index (κ2) is 7.82. The largest absolute Gasteiger partial charge is 0.460 e. The second-order valence-electron chi connectivity index (χ2n) is 9.37. The molecule has 5 atom stereocenters. The summed E-state index contributed by atoms with van der Waals surface area (Å²) in [5, 5.41) is 1.84. The van der Waals surface area contributed by atoms with E-state index in [0.29, 0.717) is 12.3 Å². The van der Waals surface area contributed by atoms with Crippen molar-refractivity contribution in [1.29, 1.82) is 0 Å². The minimum Gasteiger partial charge on any atom is -0.460 e. The lowest BCUT2D eigenvalue weighted by Crippen LogP contribution is -2.37. The molecule has 0 amide bonds. The summed E-state index contributed by atoms with van der Waals surface area (Å²) in [6.45, 7) is 0. The van der Waals surface area contributed by atoms with Crippen LogP contribution in [-0.2, 0) is 26.0 Å². The number of nitrogens with one attached hydrogen (secondary N) is 1. The number of sulfonamides is 1. The number of esters is 1. The lowest BCUT2D eigenvalue weighted by molar-refractivity contribution is -0.155. The Balaban J connectivity index is 1.28. The molecule has 168 valence electrons. The number of benzene rings is 3. The average molecular weight is 460 g/mol. The number of rotatable bonds is 5. The van der Waals surface area contributed by atoms with Crippen LogP contribution in [0.3, 0.4) is 0 Å². The van der Waals surface area contributed by atoms with Crippen molar-refractivity contribution in [2.75, 3.05) is 0 Å². The van der Waals surface area contributed by atoms with Gasteiger partial charge in [-0.3, -0.25) is 4.79 Å². The van der Waals surface area contributed by atoms with E-state index in [1.807, 2.05) is 54.6 Å². The fourth-order valence-corrected chi connectivity index (χ4v) is 6.94. The van der Waals surface area contributed by atoms with Gasteiger partial charge in [-0.25, -0.2) is 8.42 Å². The van der Waals surface area contributed by atoms with Crippen molar-refractivity contribution in [1.82, 2.24) is 4.72 Å². The van der Waals surface area contributed by atoms with Crippen LogP contribution in [0.15, 0.2) is 83.8 Å². The predicted molar refractivity (Wildman–Crippen MR) is 126 cm³/mol. The second-order valence-corrected chi connectivity index (χ2v) is 11.1. The van der Waals surface area contributed by atoms with E-state index in [-0.39, 0.29) is 22.7 Å². The van der Waals surface area contributed by atoms with Gasteiger partial charge in [0.2, 0.25) is 10.0 Å². The molecule has 6 heteroatoms. The van der Waals surface area contributed by atoms with Crippen molar-refractivity contribution in [2.45, 2.75) is 36.3 Å². The van der Waals surface area contributed by atoms with Gasteiger partial charge in [0, 0.05) is 6.42 Å². The highest BCUT2D eigenvalue weighted by Crippen LogP contribution is 2.45. The summed E-state index contributed by atoms with van der Waals surface area (Å²) in [4.78, 5) is 13.2. The topological polar surface area (TPSA) is 72.5 Å². The highest BCUT2D eigenvalue weighted by Gasteiger charge is 2.44. The van der Waals surface area contributed by atoms with E-state index < -0.39 is 22.2 Å². The summed E-state index contributed by atoms with van der Waals surface area (Å²) in [7, 11) is -3.83. The third-order valence-corrected chi connectivity index (χ3v) is 8.78. The first-order chi connectivity index (χ1) is 16.0. The molecule has 0 radical (unpaired) electrons. The Morgan fingerprint density at radius 2 is 1.70 bits per heavy atom. The molecular formula is C27H25NO4S. The van der Waals surface area contributed by atoms with Gasteiger partial charge in [-0.2, -0.15) is 4.72 Å². The number of hydrogen-bond donors (Lipinski definition) is 1. The van der Waals surface area contributed by atoms with E-state index in [9.17, 15) is 13.2 Å². The van der Waals surface area contributed by atoms with Crippen molar-refractivity contribution < 1.29 is 17.9 Å². The van der Waals surface area contributed by atoms with Crippen molar-refractivity contribution in [3.63, 3.8) is 0 Å². The van der Waals surface area contributed by atoms with Crippen LogP contribution in [0.2, 0.25) is 0 Å². The fraction of sp³-hybridized carbons (Fsp3) is 0.296. The van der Waals surface area contributed by atoms with E-state index in [1.165, 1.54) is 0 Å². The molecule has 0 unspecified atom stereocenters. The minimum atomic E-state index is -3.83. The molecule has 0 aromatic heterocycles. The minimum absolute atomic E-state index is 0.124. The molecule has 2 bridgehead atoms. The molecule has 3 aromatic carbocycles. The predicted octanol–water partition coefficient (Wildman–Crippen LogP) is 4.54. The van der Waals surface area contributed by atoms with Crippen LogP contribution in [0.1, 0.15) is 30.0 Å². The number of ether oxygens (including phenoxy) is 1. The summed E-state index contributed by atoms with van der Waals surface area (Å²) in [6.07, 6.45) is 6.11. The summed E-state index contributed by atoms with van der Waals surface area (Å²) < 4.78 is 35.6. The Bertz CT molecular complexity index is 1380. The van der Waals surface area contributed by atoms with Crippen LogP contribution in [0, 0.1) is 17.8 Å². The summed E-state index contributed by atoms with van der Waals surface area (Å²) >= 11 is 0. The zero-order chi connectivity index (χ0) is 22.6. The van der Waals surface area contributed by atoms with E-state index in [2.05, 4.69) is 16.9 Å². The van der Waals surface area contributed by atoms with Crippen LogP contribution < -0.4 is 4.72 Å². The van der Waals surface area contributed by atoms with E-state index in [1.54, 1.807) is 12.1 Å². The molecule has 3 aliphatic carbocycles. The first kappa shape index (κ1) is 20.6. The normalized spacial score (nSPS) is 27.7. The number of hydrogen-bond acceptors (Lipinski definition) is 4. The Hall–Kier alpha value is -2.96. The third-order valence-electron chi connectivity index (χ3n) is 7.35. The van der Waals surface area contributed by atoms with Crippen molar-refractivity contribution in [3.05, 3.63) is 90.0 Å². The number of carbonyl (C=O) groups excluding carboxylic acids is 1. The third kappa shape index (κ3) is 3.67. The molecule has 0 aliphatic heterocycles. The van der Waals surface area contributed by atoms with Gasteiger partial charge in [-0.1, -0.05) is 66.7 Å². The molecule has 3 aromatic rings. The zero-order valence-electron chi connectivity index (χ0n) is 18.1. The van der Waals surface area contributed by atoms with Crippen molar-refractivity contribution in [2.24, 2.45) is 17.8 Å². The van der Waals surface area contributed by atoms with Crippen molar-refractivity contribution >= 4 is 26.8 Å². The SMILES string of the molecule is O=C(O[C@H]1Cc2ccccc2[C@H]1NS(=O)(=O)c1ccc2ccccc2c1)[C@H]1C[C@H]2C=C[C@@H]1C2. The molecule has 1 saturated carbocycles. The summed E-state index contributed by atoms with van der Waals surface area (Å²) in [6, 6.07) is 19.9. The molecule has 6 rings (SSSR count). The van der Waals surface area contributed by atoms with Gasteiger partial charge in [-0.05, 0) is 58.7 Å². The molecule has 1 fully saturated rings. The van der Waals surface area contributed by atoms with Crippen LogP contribution in [0.5, 0.6) is 0 Å². The highest BCUT2D eigenvalue weighted by molar-refractivity contribution is 7.89. The monoisotopic (exact) mass is 459 g/mol. The van der Waals surface area contributed by atoms with Crippen molar-refractivity contribution in [3.8, 4) is 0 Å². The smallest absolute Gasteiger partial charge is 0.309 e. The molecule has 5 nitrogen and oxygen atoms in total. The van der Waals surface area contributed by atoms with Crippen LogP contribution in [0.25, 0.3) is 10.8 Å². The van der Waals surface area contributed by atoms with Gasteiger partial charge in [0.1, 0.15) is 6.10 Å². The van der Waals surface area contributed by atoms with Gasteiger partial charge in [0.15, 0.2) is 0 Å². The Morgan fingerprint density at radius 1 is 0.909 bits per heavy atom. The van der Waals surface area contributed by atoms with Gasteiger partial charge < -0.3 is 4.74 Å². The van der Waals surface area contributed by atoms with Crippen LogP contribution >= 0.6 is 0 Å². The molecular weight excluding hydrogens is 434 g/mol. The van der Waals surface area contributed by atoms with Gasteiger partial charge in [0.05, 0.1) is 16.9 Å². The van der Waals surface area contributed by atoms with Gasteiger partial charge >= 0.3 is 5.97 Å². The lowest BCUT2D eigenvalue weighted by Gasteiger charge is -2.25. The number of fused-ring (bicyclic) bond motifs is 4. The Labute approximate surface area is 193 Å². The van der Waals surface area contributed by atoms with Gasteiger partial charge in [-0.15, -0.1) is 0 Å². The summed E-state index contributed by atoms with van der Waals surface area (Å²) in [5.41, 5.74) is 1.88. The first-order valence-corrected chi connectivity index (χ1v) is 12.9. The highest BCUT2D eigenvalue weighted by atomic mass is 32.2. The Morgan fingerprint density at radius 3 is 2.48 bits per heavy atom. The summed E-state index contributed by atoms with van der Waals surface area (Å²) in [5.74, 6) is 0.385. The molecule has 0 heterocycles. The lowest BCUT2D eigenvalue weighted by atomic mass is 9.94. The van der Waals surface area contributed by atoms with Gasteiger partial charge in [0.25, 0.3) is 0 Å². The Kier molecular flexibility index (Phi) is 4.89. The maximum atomic E-state index is 13.4. The fourth-order valence-electron chi connectivity index (χ4n) is 5.67. The van der Waals surface area contributed by atoms with Crippen LogP contribution in [0.4, 0.5) is 0 Å². The first-order valence-electron chi connectivity index (χ1n) is 11.5. The van der Waals surface area contributed by atoms with E-state index >= 15 is 0 Å². The quantitative estimate of drug-likeness (QED) is 0.449. The van der Waals surface area contributed by atoms with E-state index in [4.69, 9.17) is 4.74 Å². The van der Waals surface area contributed by atoms with E-state index in [0.717, 1.165) is 34.7 Å². The van der Waals surface area contributed by atoms with Crippen LogP contribution in [-0.4, -0.2) is 20.5 Å².